The molecule has 0 atom stereocenters. The van der Waals surface area contributed by atoms with E-state index in [9.17, 15) is 0 Å². The Morgan fingerprint density at radius 1 is 1.25 bits per heavy atom. The van der Waals surface area contributed by atoms with E-state index in [2.05, 4.69) is 41.8 Å². The molecule has 0 spiro atoms. The fraction of sp³-hybridized carbons (Fsp3) is 0. The van der Waals surface area contributed by atoms with Gasteiger partial charge in [-0.05, 0) is 34.1 Å². The molecule has 0 saturated carbocycles. The number of hydrogen-bond acceptors (Lipinski definition) is 4. The number of nitrogen functional groups attached to an aromatic ring is 1. The molecule has 2 aromatic rings. The molecule has 0 amide bonds. The van der Waals surface area contributed by atoms with Crippen LogP contribution in [0.4, 0.5) is 5.95 Å². The van der Waals surface area contributed by atoms with E-state index in [1.165, 1.54) is 11.8 Å². The third-order valence-corrected chi connectivity index (χ3v) is 4.07. The fourth-order valence-electron chi connectivity index (χ4n) is 1.08. The molecule has 0 aliphatic carbocycles. The maximum atomic E-state index is 5.55. The number of nitrogens with zero attached hydrogens (tertiary/aromatic N) is 2. The zero-order valence-electron chi connectivity index (χ0n) is 8.02. The molecule has 1 aromatic heterocycles. The Morgan fingerprint density at radius 3 is 2.81 bits per heavy atom. The molecule has 1 aromatic carbocycles. The van der Waals surface area contributed by atoms with Gasteiger partial charge in [0.2, 0.25) is 5.95 Å². The summed E-state index contributed by atoms with van der Waals surface area (Å²) in [5, 5.41) is 0.811. The van der Waals surface area contributed by atoms with Crippen LogP contribution >= 0.6 is 43.6 Å². The van der Waals surface area contributed by atoms with Gasteiger partial charge in [-0.3, -0.25) is 0 Å². The molecule has 0 aliphatic rings. The van der Waals surface area contributed by atoms with Crippen molar-refractivity contribution < 1.29 is 0 Å². The Kier molecular flexibility index (Phi) is 3.83. The van der Waals surface area contributed by atoms with Gasteiger partial charge >= 0.3 is 0 Å². The minimum atomic E-state index is 0.278. The second kappa shape index (κ2) is 5.16. The van der Waals surface area contributed by atoms with Crippen LogP contribution < -0.4 is 5.73 Å². The summed E-state index contributed by atoms with van der Waals surface area (Å²) >= 11 is 8.35. The van der Waals surface area contributed by atoms with Gasteiger partial charge in [-0.1, -0.05) is 33.8 Å². The molecule has 2 rings (SSSR count). The highest BCUT2D eigenvalue weighted by Gasteiger charge is 2.05. The summed E-state index contributed by atoms with van der Waals surface area (Å²) in [5.74, 6) is 0.278. The zero-order chi connectivity index (χ0) is 11.5. The predicted octanol–water partition coefficient (Wildman–Crippen LogP) is 3.74. The molecule has 3 nitrogen and oxygen atoms in total. The van der Waals surface area contributed by atoms with Gasteiger partial charge in [-0.15, -0.1) is 0 Å². The minimum Gasteiger partial charge on any atom is -0.368 e. The van der Waals surface area contributed by atoms with E-state index in [-0.39, 0.29) is 5.95 Å². The van der Waals surface area contributed by atoms with Crippen LogP contribution in [0.2, 0.25) is 0 Å². The first-order valence-electron chi connectivity index (χ1n) is 4.36. The first-order chi connectivity index (χ1) is 7.65. The van der Waals surface area contributed by atoms with Crippen molar-refractivity contribution in [3.63, 3.8) is 0 Å². The first kappa shape index (κ1) is 11.9. The van der Waals surface area contributed by atoms with Gasteiger partial charge in [-0.25, -0.2) is 9.97 Å². The lowest BCUT2D eigenvalue weighted by Crippen LogP contribution is -1.95. The van der Waals surface area contributed by atoms with Crippen molar-refractivity contribution in [2.75, 3.05) is 5.73 Å². The third-order valence-electron chi connectivity index (χ3n) is 1.74. The maximum absolute atomic E-state index is 5.55. The Hall–Kier alpha value is -0.590. The average molecular weight is 361 g/mol. The van der Waals surface area contributed by atoms with E-state index < -0.39 is 0 Å². The van der Waals surface area contributed by atoms with Crippen molar-refractivity contribution in [3.05, 3.63) is 39.4 Å². The smallest absolute Gasteiger partial charge is 0.221 e. The van der Waals surface area contributed by atoms with Crippen molar-refractivity contribution in [3.8, 4) is 0 Å². The molecule has 1 heterocycles. The van der Waals surface area contributed by atoms with Crippen molar-refractivity contribution in [2.24, 2.45) is 0 Å². The Balaban J connectivity index is 2.30. The summed E-state index contributed by atoms with van der Waals surface area (Å²) in [6.45, 7) is 0. The monoisotopic (exact) mass is 359 g/mol. The standard InChI is InChI=1S/C10H7Br2N3S/c11-6-2-1-3-7(4-6)16-9-8(12)5-14-10(13)15-9/h1-5H,(H2,13,14,15). The predicted molar refractivity (Wildman–Crippen MR) is 72.4 cm³/mol. The molecule has 16 heavy (non-hydrogen) atoms. The van der Waals surface area contributed by atoms with Gasteiger partial charge in [0, 0.05) is 15.6 Å². The molecule has 0 bridgehead atoms. The molecule has 0 aliphatic heterocycles. The summed E-state index contributed by atoms with van der Waals surface area (Å²) in [7, 11) is 0. The number of halogens is 2. The second-order valence-electron chi connectivity index (χ2n) is 2.94. The highest BCUT2D eigenvalue weighted by molar-refractivity contribution is 9.10. The normalized spacial score (nSPS) is 10.4. The highest BCUT2D eigenvalue weighted by atomic mass is 79.9. The number of anilines is 1. The zero-order valence-corrected chi connectivity index (χ0v) is 12.0. The van der Waals surface area contributed by atoms with Crippen molar-refractivity contribution in [1.82, 2.24) is 9.97 Å². The lowest BCUT2D eigenvalue weighted by Gasteiger charge is -2.04. The van der Waals surface area contributed by atoms with Crippen LogP contribution in [0.1, 0.15) is 0 Å². The Morgan fingerprint density at radius 2 is 2.06 bits per heavy atom. The second-order valence-corrected chi connectivity index (χ2v) is 5.77. The molecule has 0 fully saturated rings. The van der Waals surface area contributed by atoms with Gasteiger partial charge in [0.15, 0.2) is 0 Å². The van der Waals surface area contributed by atoms with Crippen LogP contribution in [0, 0.1) is 0 Å². The van der Waals surface area contributed by atoms with E-state index in [0.29, 0.717) is 0 Å². The summed E-state index contributed by atoms with van der Waals surface area (Å²) in [6.07, 6.45) is 1.66. The van der Waals surface area contributed by atoms with Crippen LogP contribution in [-0.4, -0.2) is 9.97 Å². The highest BCUT2D eigenvalue weighted by Crippen LogP contribution is 2.32. The molecule has 6 heteroatoms. The van der Waals surface area contributed by atoms with E-state index in [4.69, 9.17) is 5.73 Å². The quantitative estimate of drug-likeness (QED) is 0.829. The van der Waals surface area contributed by atoms with Crippen LogP contribution in [0.25, 0.3) is 0 Å². The van der Waals surface area contributed by atoms with E-state index in [1.54, 1.807) is 6.20 Å². The number of benzene rings is 1. The average Bonchev–Trinajstić information content (AvgIpc) is 2.24. The van der Waals surface area contributed by atoms with Crippen molar-refractivity contribution in [1.29, 1.82) is 0 Å². The van der Waals surface area contributed by atoms with E-state index in [0.717, 1.165) is 18.9 Å². The first-order valence-corrected chi connectivity index (χ1v) is 6.77. The van der Waals surface area contributed by atoms with Crippen LogP contribution in [0.5, 0.6) is 0 Å². The molecule has 82 valence electrons. The minimum absolute atomic E-state index is 0.278. The van der Waals surface area contributed by atoms with Gasteiger partial charge in [0.25, 0.3) is 0 Å². The van der Waals surface area contributed by atoms with Gasteiger partial charge in [0.1, 0.15) is 5.03 Å². The SMILES string of the molecule is Nc1ncc(Br)c(Sc2cccc(Br)c2)n1. The van der Waals surface area contributed by atoms with Gasteiger partial charge < -0.3 is 5.73 Å². The van der Waals surface area contributed by atoms with E-state index >= 15 is 0 Å². The number of nitrogens with two attached hydrogens (primary N) is 1. The molecular weight excluding hydrogens is 354 g/mol. The third kappa shape index (κ3) is 2.96. The fourth-order valence-corrected chi connectivity index (χ4v) is 2.91. The summed E-state index contributed by atoms with van der Waals surface area (Å²) in [6, 6.07) is 7.99. The Bertz CT molecular complexity index is 519. The van der Waals surface area contributed by atoms with E-state index in [1.807, 2.05) is 24.3 Å². The topological polar surface area (TPSA) is 51.8 Å². The van der Waals surface area contributed by atoms with Crippen LogP contribution in [0.15, 0.2) is 49.3 Å². The summed E-state index contributed by atoms with van der Waals surface area (Å²) < 4.78 is 1.88. The van der Waals surface area contributed by atoms with Gasteiger partial charge in [0.05, 0.1) is 4.47 Å². The molecule has 0 unspecified atom stereocenters. The lowest BCUT2D eigenvalue weighted by molar-refractivity contribution is 1.04. The molecule has 2 N–H and O–H groups in total. The van der Waals surface area contributed by atoms with Crippen molar-refractivity contribution in [2.45, 2.75) is 9.92 Å². The number of hydrogen-bond donors (Lipinski definition) is 1. The lowest BCUT2D eigenvalue weighted by atomic mass is 10.4. The molecule has 0 radical (unpaired) electrons. The van der Waals surface area contributed by atoms with Crippen LogP contribution in [0.3, 0.4) is 0 Å². The van der Waals surface area contributed by atoms with Crippen molar-refractivity contribution >= 4 is 49.6 Å². The number of aromatic nitrogens is 2. The maximum Gasteiger partial charge on any atom is 0.221 e. The van der Waals surface area contributed by atoms with Gasteiger partial charge in [-0.2, -0.15) is 0 Å². The number of rotatable bonds is 2. The largest absolute Gasteiger partial charge is 0.368 e. The summed E-state index contributed by atoms with van der Waals surface area (Å²) in [5.41, 5.74) is 5.55. The molecular formula is C10H7Br2N3S. The van der Waals surface area contributed by atoms with Crippen LogP contribution in [-0.2, 0) is 0 Å². The Labute approximate surface area is 114 Å². The summed E-state index contributed by atoms with van der Waals surface area (Å²) in [4.78, 5) is 9.15. The molecule has 0 saturated heterocycles.